The molecule has 2 bridgehead atoms. The number of hydrogen-bond donors (Lipinski definition) is 1. The largest absolute Gasteiger partial charge is 0.363 e. The van der Waals surface area contributed by atoms with Crippen molar-refractivity contribution in [3.63, 3.8) is 0 Å². The molecule has 10 heavy (non-hydrogen) atoms. The van der Waals surface area contributed by atoms with E-state index in [-0.39, 0.29) is 0 Å². The minimum atomic E-state index is -0.999. The van der Waals surface area contributed by atoms with Crippen LogP contribution in [0.4, 0.5) is 0 Å². The van der Waals surface area contributed by atoms with Crippen LogP contribution in [0.15, 0.2) is 0 Å². The van der Waals surface area contributed by atoms with Crippen molar-refractivity contribution in [1.82, 2.24) is 4.90 Å². The maximum atomic E-state index is 9.56. The Kier molecular flexibility index (Phi) is 1.44. The molecule has 3 heterocycles. The molecule has 3 fully saturated rings. The Bertz CT molecular complexity index is 141. The Labute approximate surface area is 65.8 Å². The number of halogens is 1. The van der Waals surface area contributed by atoms with E-state index in [0.717, 1.165) is 19.5 Å². The quantitative estimate of drug-likeness (QED) is 0.423. The molecule has 0 aliphatic carbocycles. The molecular formula is C7H12ClNO. The highest BCUT2D eigenvalue weighted by Crippen LogP contribution is 2.39. The Morgan fingerprint density at radius 1 is 1.40 bits per heavy atom. The summed E-state index contributed by atoms with van der Waals surface area (Å²) in [5, 5.41) is 8.56. The van der Waals surface area contributed by atoms with Gasteiger partial charge in [0.1, 0.15) is 0 Å². The van der Waals surface area contributed by atoms with Gasteiger partial charge in [-0.1, -0.05) is 11.6 Å². The average molecular weight is 162 g/mol. The van der Waals surface area contributed by atoms with Crippen molar-refractivity contribution < 1.29 is 5.11 Å². The molecule has 3 aliphatic heterocycles. The zero-order valence-electron chi connectivity index (χ0n) is 5.89. The van der Waals surface area contributed by atoms with Crippen LogP contribution < -0.4 is 0 Å². The maximum absolute atomic E-state index is 9.56. The molecule has 3 rings (SSSR count). The minimum Gasteiger partial charge on any atom is -0.363 e. The molecule has 0 amide bonds. The maximum Gasteiger partial charge on any atom is 0.196 e. The van der Waals surface area contributed by atoms with Gasteiger partial charge in [0.25, 0.3) is 0 Å². The summed E-state index contributed by atoms with van der Waals surface area (Å²) >= 11 is 5.85. The minimum absolute atomic E-state index is 0.674. The second-order valence-electron chi connectivity index (χ2n) is 3.35. The lowest BCUT2D eigenvalue weighted by atomic mass is 9.87. The van der Waals surface area contributed by atoms with Gasteiger partial charge >= 0.3 is 0 Å². The first-order valence-electron chi connectivity index (χ1n) is 3.85. The van der Waals surface area contributed by atoms with Gasteiger partial charge < -0.3 is 5.11 Å². The highest BCUT2D eigenvalue weighted by atomic mass is 35.5. The SMILES string of the molecule is OC1(Cl)CC2CCN1CC2. The van der Waals surface area contributed by atoms with E-state index < -0.39 is 5.18 Å². The second kappa shape index (κ2) is 2.10. The Morgan fingerprint density at radius 3 is 2.20 bits per heavy atom. The van der Waals surface area contributed by atoms with Crippen molar-refractivity contribution in [3.8, 4) is 0 Å². The molecule has 0 aromatic carbocycles. The van der Waals surface area contributed by atoms with Gasteiger partial charge in [0.15, 0.2) is 5.18 Å². The smallest absolute Gasteiger partial charge is 0.196 e. The van der Waals surface area contributed by atoms with E-state index in [1.165, 1.54) is 12.8 Å². The first-order valence-corrected chi connectivity index (χ1v) is 4.22. The van der Waals surface area contributed by atoms with Gasteiger partial charge in [-0.15, -0.1) is 0 Å². The lowest BCUT2D eigenvalue weighted by Gasteiger charge is -2.47. The lowest BCUT2D eigenvalue weighted by molar-refractivity contribution is -0.111. The second-order valence-corrected chi connectivity index (χ2v) is 3.96. The Balaban J connectivity index is 2.15. The molecule has 2 nitrogen and oxygen atoms in total. The van der Waals surface area contributed by atoms with E-state index in [1.54, 1.807) is 0 Å². The summed E-state index contributed by atoms with van der Waals surface area (Å²) in [5.74, 6) is 0.674. The standard InChI is InChI=1S/C7H12ClNO/c8-7(10)5-6-1-3-9(7)4-2-6/h6,10H,1-5H2. The van der Waals surface area contributed by atoms with Crippen molar-refractivity contribution in [2.75, 3.05) is 13.1 Å². The van der Waals surface area contributed by atoms with Crippen molar-refractivity contribution in [2.45, 2.75) is 24.4 Å². The van der Waals surface area contributed by atoms with Gasteiger partial charge in [-0.05, 0) is 18.8 Å². The van der Waals surface area contributed by atoms with Crippen LogP contribution in [-0.2, 0) is 0 Å². The number of alkyl halides is 1. The van der Waals surface area contributed by atoms with E-state index >= 15 is 0 Å². The molecule has 3 saturated heterocycles. The molecular weight excluding hydrogens is 150 g/mol. The van der Waals surface area contributed by atoms with Crippen LogP contribution >= 0.6 is 11.6 Å². The van der Waals surface area contributed by atoms with E-state index in [2.05, 4.69) is 0 Å². The van der Waals surface area contributed by atoms with Crippen LogP contribution in [0.2, 0.25) is 0 Å². The number of rotatable bonds is 0. The van der Waals surface area contributed by atoms with E-state index in [1.807, 2.05) is 4.90 Å². The third-order valence-corrected chi connectivity index (χ3v) is 3.04. The molecule has 0 saturated carbocycles. The van der Waals surface area contributed by atoms with Gasteiger partial charge in [-0.2, -0.15) is 0 Å². The zero-order valence-corrected chi connectivity index (χ0v) is 6.64. The topological polar surface area (TPSA) is 23.5 Å². The fraction of sp³-hybridized carbons (Fsp3) is 1.00. The van der Waals surface area contributed by atoms with Crippen LogP contribution in [0.1, 0.15) is 19.3 Å². The van der Waals surface area contributed by atoms with Gasteiger partial charge in [0.2, 0.25) is 0 Å². The summed E-state index contributed by atoms with van der Waals surface area (Å²) in [5.41, 5.74) is 0. The number of nitrogens with zero attached hydrogens (tertiary/aromatic N) is 1. The van der Waals surface area contributed by atoms with E-state index in [4.69, 9.17) is 11.6 Å². The van der Waals surface area contributed by atoms with Gasteiger partial charge in [0.05, 0.1) is 0 Å². The summed E-state index contributed by atoms with van der Waals surface area (Å²) in [6.07, 6.45) is 3.19. The molecule has 58 valence electrons. The van der Waals surface area contributed by atoms with E-state index in [9.17, 15) is 5.11 Å². The summed E-state index contributed by atoms with van der Waals surface area (Å²) in [7, 11) is 0. The first-order chi connectivity index (χ1) is 4.68. The molecule has 1 unspecified atom stereocenters. The fourth-order valence-corrected chi connectivity index (χ4v) is 2.36. The number of aliphatic hydroxyl groups is 1. The van der Waals surface area contributed by atoms with Crippen molar-refractivity contribution in [3.05, 3.63) is 0 Å². The first kappa shape index (κ1) is 6.89. The molecule has 0 aromatic heterocycles. The van der Waals surface area contributed by atoms with Gasteiger partial charge in [0, 0.05) is 19.5 Å². The Hall–Kier alpha value is 0.210. The zero-order chi connectivity index (χ0) is 7.19. The number of fused-ring (bicyclic) bond motifs is 3. The molecule has 1 N–H and O–H groups in total. The molecule has 0 spiro atoms. The summed E-state index contributed by atoms with van der Waals surface area (Å²) < 4.78 is 0. The van der Waals surface area contributed by atoms with Crippen molar-refractivity contribution >= 4 is 11.6 Å². The average Bonchev–Trinajstić information content (AvgIpc) is 1.87. The normalized spacial score (nSPS) is 53.4. The summed E-state index contributed by atoms with van der Waals surface area (Å²) in [6.45, 7) is 1.95. The van der Waals surface area contributed by atoms with Crippen LogP contribution in [-0.4, -0.2) is 28.3 Å². The highest BCUT2D eigenvalue weighted by Gasteiger charge is 2.42. The molecule has 0 radical (unpaired) electrons. The third kappa shape index (κ3) is 0.949. The molecule has 1 atom stereocenters. The number of hydrogen-bond acceptors (Lipinski definition) is 2. The number of piperidine rings is 3. The summed E-state index contributed by atoms with van der Waals surface area (Å²) in [6, 6.07) is 0. The highest BCUT2D eigenvalue weighted by molar-refractivity contribution is 6.22. The predicted molar refractivity (Wildman–Crippen MR) is 39.7 cm³/mol. The lowest BCUT2D eigenvalue weighted by Crippen LogP contribution is -2.55. The van der Waals surface area contributed by atoms with Crippen LogP contribution in [0.5, 0.6) is 0 Å². The van der Waals surface area contributed by atoms with Crippen molar-refractivity contribution in [1.29, 1.82) is 0 Å². The van der Waals surface area contributed by atoms with Crippen LogP contribution in [0.3, 0.4) is 0 Å². The Morgan fingerprint density at radius 2 is 2.00 bits per heavy atom. The van der Waals surface area contributed by atoms with Gasteiger partial charge in [-0.3, -0.25) is 4.90 Å². The molecule has 0 aromatic rings. The van der Waals surface area contributed by atoms with Gasteiger partial charge in [-0.25, -0.2) is 0 Å². The predicted octanol–water partition coefficient (Wildman–Crippen LogP) is 0.987. The monoisotopic (exact) mass is 161 g/mol. The van der Waals surface area contributed by atoms with Crippen molar-refractivity contribution in [2.24, 2.45) is 5.92 Å². The van der Waals surface area contributed by atoms with E-state index in [0.29, 0.717) is 5.92 Å². The van der Waals surface area contributed by atoms with Crippen LogP contribution in [0, 0.1) is 5.92 Å². The summed E-state index contributed by atoms with van der Waals surface area (Å²) in [4.78, 5) is 1.97. The van der Waals surface area contributed by atoms with Crippen LogP contribution in [0.25, 0.3) is 0 Å². The molecule has 3 heteroatoms. The third-order valence-electron chi connectivity index (χ3n) is 2.65. The molecule has 3 aliphatic rings. The fourth-order valence-electron chi connectivity index (χ4n) is 1.98.